The van der Waals surface area contributed by atoms with Crippen molar-refractivity contribution in [3.63, 3.8) is 0 Å². The van der Waals surface area contributed by atoms with Gasteiger partial charge in [0.05, 0.1) is 6.33 Å². The smallest absolute Gasteiger partial charge is 0.0946 e. The minimum atomic E-state index is 0.599. The maximum absolute atomic E-state index is 4.10. The zero-order valence-electron chi connectivity index (χ0n) is 11.8. The Morgan fingerprint density at radius 2 is 2.22 bits per heavy atom. The van der Waals surface area contributed by atoms with Gasteiger partial charge in [0.2, 0.25) is 0 Å². The van der Waals surface area contributed by atoms with Crippen LogP contribution in [0.1, 0.15) is 27.2 Å². The average Bonchev–Trinajstić information content (AvgIpc) is 2.96. The van der Waals surface area contributed by atoms with Crippen molar-refractivity contribution in [1.82, 2.24) is 19.8 Å². The number of nitrogens with one attached hydrogen (secondary N) is 1. The third kappa shape index (κ3) is 3.82. The summed E-state index contributed by atoms with van der Waals surface area (Å²) >= 11 is 0. The van der Waals surface area contributed by atoms with Crippen LogP contribution in [0.25, 0.3) is 0 Å². The Bertz CT molecular complexity index is 334. The lowest BCUT2D eigenvalue weighted by molar-refractivity contribution is 0.226. The molecule has 0 aromatic carbocycles. The molecule has 1 aliphatic heterocycles. The molecule has 1 N–H and O–H groups in total. The van der Waals surface area contributed by atoms with Crippen LogP contribution in [0.2, 0.25) is 0 Å². The summed E-state index contributed by atoms with van der Waals surface area (Å²) in [6, 6.07) is 1.20. The predicted molar refractivity (Wildman–Crippen MR) is 74.5 cm³/mol. The Morgan fingerprint density at radius 3 is 2.89 bits per heavy atom. The first-order chi connectivity index (χ1) is 8.65. The maximum atomic E-state index is 4.10. The van der Waals surface area contributed by atoms with Gasteiger partial charge in [0.1, 0.15) is 0 Å². The fourth-order valence-electron chi connectivity index (χ4n) is 2.65. The number of nitrogens with zero attached hydrogens (tertiary/aromatic N) is 3. The highest BCUT2D eigenvalue weighted by atomic mass is 15.2. The number of aromatic nitrogens is 2. The Kier molecular flexibility index (Phi) is 4.78. The van der Waals surface area contributed by atoms with Gasteiger partial charge in [0.15, 0.2) is 0 Å². The summed E-state index contributed by atoms with van der Waals surface area (Å²) in [6.07, 6.45) is 7.13. The summed E-state index contributed by atoms with van der Waals surface area (Å²) in [5.41, 5.74) is 0. The molecule has 2 heterocycles. The zero-order valence-corrected chi connectivity index (χ0v) is 11.8. The largest absolute Gasteiger partial charge is 0.336 e. The number of likely N-dealkylation sites (tertiary alicyclic amines) is 1. The standard InChI is InChI=1S/C14H26N4/c1-12(2)16-8-14-4-6-18(10-14)13(3)9-17-7-5-15-11-17/h5,7,11-14,16H,4,6,8-10H2,1-3H3. The molecule has 1 fully saturated rings. The first kappa shape index (κ1) is 13.6. The second-order valence-electron chi connectivity index (χ2n) is 5.82. The Hall–Kier alpha value is -0.870. The first-order valence-electron chi connectivity index (χ1n) is 7.08. The highest BCUT2D eigenvalue weighted by molar-refractivity contribution is 4.83. The van der Waals surface area contributed by atoms with Crippen molar-refractivity contribution in [3.05, 3.63) is 18.7 Å². The van der Waals surface area contributed by atoms with Crippen LogP contribution in [-0.2, 0) is 6.54 Å². The fraction of sp³-hybridized carbons (Fsp3) is 0.786. The van der Waals surface area contributed by atoms with Crippen LogP contribution < -0.4 is 5.32 Å². The molecule has 2 unspecified atom stereocenters. The number of rotatable bonds is 6. The van der Waals surface area contributed by atoms with Gasteiger partial charge in [-0.2, -0.15) is 0 Å². The molecular weight excluding hydrogens is 224 g/mol. The van der Waals surface area contributed by atoms with Crippen molar-refractivity contribution in [2.45, 2.75) is 45.8 Å². The van der Waals surface area contributed by atoms with Crippen molar-refractivity contribution in [1.29, 1.82) is 0 Å². The molecule has 1 aromatic heterocycles. The van der Waals surface area contributed by atoms with E-state index in [9.17, 15) is 0 Å². The molecule has 0 saturated carbocycles. The quantitative estimate of drug-likeness (QED) is 0.832. The van der Waals surface area contributed by atoms with E-state index in [0.717, 1.165) is 19.0 Å². The van der Waals surface area contributed by atoms with Gasteiger partial charge in [-0.25, -0.2) is 4.98 Å². The molecule has 102 valence electrons. The molecule has 4 heteroatoms. The molecule has 2 atom stereocenters. The van der Waals surface area contributed by atoms with E-state index in [4.69, 9.17) is 0 Å². The van der Waals surface area contributed by atoms with Gasteiger partial charge in [-0.15, -0.1) is 0 Å². The molecule has 0 amide bonds. The number of hydrogen-bond donors (Lipinski definition) is 1. The Balaban J connectivity index is 1.74. The first-order valence-corrected chi connectivity index (χ1v) is 7.08. The fourth-order valence-corrected chi connectivity index (χ4v) is 2.65. The van der Waals surface area contributed by atoms with Crippen LogP contribution in [0.5, 0.6) is 0 Å². The minimum Gasteiger partial charge on any atom is -0.336 e. The third-order valence-corrected chi connectivity index (χ3v) is 3.79. The maximum Gasteiger partial charge on any atom is 0.0946 e. The van der Waals surface area contributed by atoms with Gasteiger partial charge in [-0.1, -0.05) is 13.8 Å². The molecule has 0 radical (unpaired) electrons. The van der Waals surface area contributed by atoms with Crippen LogP contribution in [0.3, 0.4) is 0 Å². The van der Waals surface area contributed by atoms with Gasteiger partial charge >= 0.3 is 0 Å². The molecule has 0 bridgehead atoms. The van der Waals surface area contributed by atoms with E-state index in [-0.39, 0.29) is 0 Å². The Morgan fingerprint density at radius 1 is 1.39 bits per heavy atom. The summed E-state index contributed by atoms with van der Waals surface area (Å²) < 4.78 is 2.17. The highest BCUT2D eigenvalue weighted by Gasteiger charge is 2.25. The monoisotopic (exact) mass is 250 g/mol. The Labute approximate surface area is 110 Å². The van der Waals surface area contributed by atoms with Crippen LogP contribution in [0.4, 0.5) is 0 Å². The van der Waals surface area contributed by atoms with Crippen molar-refractivity contribution in [2.24, 2.45) is 5.92 Å². The van der Waals surface area contributed by atoms with Crippen LogP contribution in [0, 0.1) is 5.92 Å². The molecular formula is C14H26N4. The average molecular weight is 250 g/mol. The van der Waals surface area contributed by atoms with Gasteiger partial charge < -0.3 is 9.88 Å². The summed E-state index contributed by atoms with van der Waals surface area (Å²) in [7, 11) is 0. The van der Waals surface area contributed by atoms with Crippen molar-refractivity contribution >= 4 is 0 Å². The molecule has 18 heavy (non-hydrogen) atoms. The molecule has 1 saturated heterocycles. The summed E-state index contributed by atoms with van der Waals surface area (Å²) in [4.78, 5) is 6.70. The normalized spacial score (nSPS) is 22.8. The lowest BCUT2D eigenvalue weighted by atomic mass is 10.1. The number of imidazole rings is 1. The van der Waals surface area contributed by atoms with E-state index in [1.807, 2.05) is 18.7 Å². The minimum absolute atomic E-state index is 0.599. The predicted octanol–water partition coefficient (Wildman–Crippen LogP) is 1.59. The van der Waals surface area contributed by atoms with E-state index in [2.05, 4.69) is 40.5 Å². The second kappa shape index (κ2) is 6.34. The van der Waals surface area contributed by atoms with Crippen molar-refractivity contribution < 1.29 is 0 Å². The summed E-state index contributed by atoms with van der Waals surface area (Å²) in [6.45, 7) is 11.4. The molecule has 1 aliphatic rings. The lowest BCUT2D eigenvalue weighted by Gasteiger charge is -2.24. The van der Waals surface area contributed by atoms with Gasteiger partial charge in [0.25, 0.3) is 0 Å². The SMILES string of the molecule is CC(C)NCC1CCN(C(C)Cn2ccnc2)C1. The van der Waals surface area contributed by atoms with Gasteiger partial charge in [-0.05, 0) is 32.4 Å². The molecule has 2 rings (SSSR count). The van der Waals surface area contributed by atoms with Crippen molar-refractivity contribution in [3.8, 4) is 0 Å². The molecule has 1 aromatic rings. The molecule has 0 aliphatic carbocycles. The van der Waals surface area contributed by atoms with Gasteiger partial charge in [-0.3, -0.25) is 4.90 Å². The summed E-state index contributed by atoms with van der Waals surface area (Å²) in [5.74, 6) is 0.817. The van der Waals surface area contributed by atoms with E-state index < -0.39 is 0 Å². The van der Waals surface area contributed by atoms with Crippen molar-refractivity contribution in [2.75, 3.05) is 19.6 Å². The van der Waals surface area contributed by atoms with E-state index in [0.29, 0.717) is 12.1 Å². The van der Waals surface area contributed by atoms with E-state index >= 15 is 0 Å². The lowest BCUT2D eigenvalue weighted by Crippen LogP contribution is -2.36. The second-order valence-corrected chi connectivity index (χ2v) is 5.82. The van der Waals surface area contributed by atoms with Crippen LogP contribution >= 0.6 is 0 Å². The molecule has 0 spiro atoms. The zero-order chi connectivity index (χ0) is 13.0. The van der Waals surface area contributed by atoms with E-state index in [1.165, 1.54) is 19.5 Å². The topological polar surface area (TPSA) is 33.1 Å². The third-order valence-electron chi connectivity index (χ3n) is 3.79. The number of hydrogen-bond acceptors (Lipinski definition) is 3. The summed E-state index contributed by atoms with van der Waals surface area (Å²) in [5, 5.41) is 3.55. The highest BCUT2D eigenvalue weighted by Crippen LogP contribution is 2.18. The van der Waals surface area contributed by atoms with Crippen LogP contribution in [0.15, 0.2) is 18.7 Å². The van der Waals surface area contributed by atoms with Gasteiger partial charge in [0, 0.05) is 37.6 Å². The van der Waals surface area contributed by atoms with E-state index in [1.54, 1.807) is 0 Å². The molecule has 4 nitrogen and oxygen atoms in total. The van der Waals surface area contributed by atoms with Crippen LogP contribution in [-0.4, -0.2) is 46.2 Å².